The Morgan fingerprint density at radius 2 is 2.05 bits per heavy atom. The lowest BCUT2D eigenvalue weighted by atomic mass is 9.95. The van der Waals surface area contributed by atoms with Crippen LogP contribution < -0.4 is 5.32 Å². The first-order chi connectivity index (χ1) is 9.82. The summed E-state index contributed by atoms with van der Waals surface area (Å²) in [4.78, 5) is 10.4. The molecule has 1 N–H and O–H groups in total. The number of hydrogen-bond acceptors (Lipinski definition) is 4. The lowest BCUT2D eigenvalue weighted by molar-refractivity contribution is 0.544. The largest absolute Gasteiger partial charge is 0.362 e. The van der Waals surface area contributed by atoms with Gasteiger partial charge in [0.15, 0.2) is 0 Å². The highest BCUT2D eigenvalue weighted by Gasteiger charge is 2.22. The van der Waals surface area contributed by atoms with E-state index in [0.29, 0.717) is 5.15 Å². The number of thiophene rings is 1. The minimum absolute atomic E-state index is 0.127. The van der Waals surface area contributed by atoms with Crippen molar-refractivity contribution < 1.29 is 0 Å². The van der Waals surface area contributed by atoms with Crippen LogP contribution in [-0.4, -0.2) is 9.97 Å². The molecule has 0 spiro atoms. The lowest BCUT2D eigenvalue weighted by Crippen LogP contribution is -2.19. The van der Waals surface area contributed by atoms with Gasteiger partial charge in [0.05, 0.1) is 6.04 Å². The molecule has 114 valence electrons. The fraction of sp³-hybridized carbons (Fsp3) is 0.500. The molecular weight excluding hydrogens is 302 g/mol. The molecule has 0 aromatic carbocycles. The van der Waals surface area contributed by atoms with E-state index in [9.17, 15) is 0 Å². The van der Waals surface area contributed by atoms with Crippen molar-refractivity contribution >= 4 is 28.8 Å². The predicted molar refractivity (Wildman–Crippen MR) is 91.5 cm³/mol. The van der Waals surface area contributed by atoms with Gasteiger partial charge in [0.1, 0.15) is 16.8 Å². The highest BCUT2D eigenvalue weighted by Crippen LogP contribution is 2.30. The topological polar surface area (TPSA) is 37.8 Å². The molecule has 0 aliphatic heterocycles. The summed E-state index contributed by atoms with van der Waals surface area (Å²) in [6.07, 6.45) is 0.992. The Morgan fingerprint density at radius 1 is 1.33 bits per heavy atom. The summed E-state index contributed by atoms with van der Waals surface area (Å²) in [6.45, 7) is 10.4. The molecule has 0 saturated heterocycles. The quantitative estimate of drug-likeness (QED) is 0.769. The van der Waals surface area contributed by atoms with E-state index in [0.717, 1.165) is 23.6 Å². The minimum atomic E-state index is -0.127. The van der Waals surface area contributed by atoms with Crippen molar-refractivity contribution in [2.45, 2.75) is 52.5 Å². The molecule has 3 nitrogen and oxygen atoms in total. The molecule has 2 aromatic rings. The summed E-state index contributed by atoms with van der Waals surface area (Å²) in [5.41, 5.74) is 0.776. The Labute approximate surface area is 135 Å². The summed E-state index contributed by atoms with van der Waals surface area (Å²) < 4.78 is 0. The van der Waals surface area contributed by atoms with E-state index in [1.54, 1.807) is 11.3 Å². The SMILES string of the molecule is CCC(Nc1nc(C(C)(C)C)nc(Cl)c1C)c1cccs1. The van der Waals surface area contributed by atoms with Crippen molar-refractivity contribution in [2.75, 3.05) is 5.32 Å². The Bertz CT molecular complexity index is 603. The van der Waals surface area contributed by atoms with Gasteiger partial charge in [0.25, 0.3) is 0 Å². The van der Waals surface area contributed by atoms with Gasteiger partial charge < -0.3 is 5.32 Å². The zero-order valence-corrected chi connectivity index (χ0v) is 14.8. The van der Waals surface area contributed by atoms with Crippen LogP contribution in [0.3, 0.4) is 0 Å². The third-order valence-electron chi connectivity index (χ3n) is 3.36. The van der Waals surface area contributed by atoms with E-state index in [1.165, 1.54) is 4.88 Å². The maximum atomic E-state index is 6.29. The summed E-state index contributed by atoms with van der Waals surface area (Å²) in [7, 11) is 0. The van der Waals surface area contributed by atoms with Crippen molar-refractivity contribution in [1.82, 2.24) is 9.97 Å². The summed E-state index contributed by atoms with van der Waals surface area (Å²) in [5.74, 6) is 1.60. The van der Waals surface area contributed by atoms with Gasteiger partial charge in [-0.05, 0) is 24.8 Å². The molecule has 1 atom stereocenters. The van der Waals surface area contributed by atoms with Crippen molar-refractivity contribution in [3.8, 4) is 0 Å². The third kappa shape index (κ3) is 3.74. The van der Waals surface area contributed by atoms with Crippen molar-refractivity contribution in [3.63, 3.8) is 0 Å². The Morgan fingerprint density at radius 3 is 2.57 bits per heavy atom. The highest BCUT2D eigenvalue weighted by atomic mass is 35.5. The number of anilines is 1. The normalized spacial score (nSPS) is 13.2. The van der Waals surface area contributed by atoms with Gasteiger partial charge in [-0.15, -0.1) is 11.3 Å². The minimum Gasteiger partial charge on any atom is -0.362 e. The average molecular weight is 324 g/mol. The number of hydrogen-bond donors (Lipinski definition) is 1. The van der Waals surface area contributed by atoms with Crippen LogP contribution in [0, 0.1) is 6.92 Å². The summed E-state index contributed by atoms with van der Waals surface area (Å²) >= 11 is 8.04. The van der Waals surface area contributed by atoms with Crippen LogP contribution in [0.25, 0.3) is 0 Å². The number of nitrogens with one attached hydrogen (secondary N) is 1. The lowest BCUT2D eigenvalue weighted by Gasteiger charge is -2.22. The first-order valence-corrected chi connectivity index (χ1v) is 8.43. The molecule has 0 saturated carbocycles. The molecule has 0 aliphatic carbocycles. The molecule has 2 heterocycles. The second-order valence-corrected chi connectivity index (χ2v) is 7.52. The summed E-state index contributed by atoms with van der Waals surface area (Å²) in [5, 5.41) is 6.15. The van der Waals surface area contributed by atoms with E-state index in [2.05, 4.69) is 55.5 Å². The fourth-order valence-corrected chi connectivity index (χ4v) is 3.03. The van der Waals surface area contributed by atoms with Crippen molar-refractivity contribution in [2.24, 2.45) is 0 Å². The smallest absolute Gasteiger partial charge is 0.137 e. The monoisotopic (exact) mass is 323 g/mol. The van der Waals surface area contributed by atoms with Crippen LogP contribution in [0.1, 0.15) is 56.4 Å². The molecule has 0 radical (unpaired) electrons. The fourth-order valence-electron chi connectivity index (χ4n) is 1.99. The average Bonchev–Trinajstić information content (AvgIpc) is 2.93. The van der Waals surface area contributed by atoms with Gasteiger partial charge >= 0.3 is 0 Å². The number of rotatable bonds is 4. The van der Waals surface area contributed by atoms with Gasteiger partial charge in [0.2, 0.25) is 0 Å². The van der Waals surface area contributed by atoms with Crippen LogP contribution in [0.4, 0.5) is 5.82 Å². The molecule has 5 heteroatoms. The van der Waals surface area contributed by atoms with Gasteiger partial charge in [-0.2, -0.15) is 0 Å². The van der Waals surface area contributed by atoms with Gasteiger partial charge in [0, 0.05) is 15.9 Å². The van der Waals surface area contributed by atoms with E-state index in [4.69, 9.17) is 16.6 Å². The van der Waals surface area contributed by atoms with E-state index in [1.807, 2.05) is 6.92 Å². The van der Waals surface area contributed by atoms with E-state index < -0.39 is 0 Å². The summed E-state index contributed by atoms with van der Waals surface area (Å²) in [6, 6.07) is 4.47. The molecule has 0 amide bonds. The zero-order chi connectivity index (χ0) is 15.6. The number of halogens is 1. The first kappa shape index (κ1) is 16.2. The number of nitrogens with zero attached hydrogens (tertiary/aromatic N) is 2. The Kier molecular flexibility index (Phi) is 4.89. The van der Waals surface area contributed by atoms with Crippen LogP contribution in [0.2, 0.25) is 5.15 Å². The Balaban J connectivity index is 2.37. The molecule has 0 fully saturated rings. The maximum absolute atomic E-state index is 6.29. The Hall–Kier alpha value is -1.13. The van der Waals surface area contributed by atoms with E-state index in [-0.39, 0.29) is 11.5 Å². The van der Waals surface area contributed by atoms with Crippen LogP contribution >= 0.6 is 22.9 Å². The molecule has 21 heavy (non-hydrogen) atoms. The maximum Gasteiger partial charge on any atom is 0.137 e. The zero-order valence-electron chi connectivity index (χ0n) is 13.2. The first-order valence-electron chi connectivity index (χ1n) is 7.17. The molecule has 1 unspecified atom stereocenters. The number of aromatic nitrogens is 2. The second-order valence-electron chi connectivity index (χ2n) is 6.18. The van der Waals surface area contributed by atoms with Crippen LogP contribution in [0.15, 0.2) is 17.5 Å². The standard InChI is InChI=1S/C16H22ClN3S/c1-6-11(12-8-7-9-21-12)18-14-10(2)13(17)19-15(20-14)16(3,4)5/h7-9,11H,6H2,1-5H3,(H,18,19,20). The van der Waals surface area contributed by atoms with Gasteiger partial charge in [-0.3, -0.25) is 0 Å². The predicted octanol–water partition coefficient (Wildman–Crippen LogP) is 5.36. The van der Waals surface area contributed by atoms with Gasteiger partial charge in [-0.25, -0.2) is 9.97 Å². The molecule has 2 aromatic heterocycles. The molecule has 2 rings (SSSR count). The van der Waals surface area contributed by atoms with E-state index >= 15 is 0 Å². The van der Waals surface area contributed by atoms with Crippen molar-refractivity contribution in [1.29, 1.82) is 0 Å². The van der Waals surface area contributed by atoms with Crippen LogP contribution in [0.5, 0.6) is 0 Å². The third-order valence-corrected chi connectivity index (χ3v) is 4.72. The second kappa shape index (κ2) is 6.32. The highest BCUT2D eigenvalue weighted by molar-refractivity contribution is 7.10. The molecular formula is C16H22ClN3S. The molecule has 0 aliphatic rings. The van der Waals surface area contributed by atoms with Gasteiger partial charge in [-0.1, -0.05) is 45.4 Å². The van der Waals surface area contributed by atoms with Crippen molar-refractivity contribution in [3.05, 3.63) is 38.9 Å². The van der Waals surface area contributed by atoms with Crippen LogP contribution in [-0.2, 0) is 5.41 Å². The molecule has 0 bridgehead atoms.